The van der Waals surface area contributed by atoms with E-state index in [0.717, 1.165) is 11.8 Å². The predicted molar refractivity (Wildman–Crippen MR) is 67.2 cm³/mol. The Morgan fingerprint density at radius 1 is 1.39 bits per heavy atom. The van der Waals surface area contributed by atoms with Gasteiger partial charge >= 0.3 is 5.97 Å². The number of hydrogen-bond acceptors (Lipinski definition) is 4. The molecule has 0 radical (unpaired) electrons. The molecule has 2 aromatic heterocycles. The molecule has 0 aliphatic heterocycles. The van der Waals surface area contributed by atoms with Crippen LogP contribution in [0.4, 0.5) is 4.39 Å². The number of pyridine rings is 2. The number of aromatic nitrogens is 2. The third-order valence-electron chi connectivity index (χ3n) is 1.96. The number of halogens is 2. The molecule has 7 heteroatoms. The lowest BCUT2D eigenvalue weighted by molar-refractivity contribution is 0.0696. The van der Waals surface area contributed by atoms with E-state index in [1.54, 1.807) is 0 Å². The minimum absolute atomic E-state index is 0.102. The second-order valence-corrected chi connectivity index (χ2v) is 5.16. The molecular weight excluding hydrogens is 323 g/mol. The van der Waals surface area contributed by atoms with Crippen LogP contribution in [0.15, 0.2) is 45.1 Å². The quantitative estimate of drug-likeness (QED) is 0.937. The van der Waals surface area contributed by atoms with Crippen molar-refractivity contribution in [2.45, 2.75) is 10.1 Å². The van der Waals surface area contributed by atoms with Gasteiger partial charge in [-0.1, -0.05) is 0 Å². The van der Waals surface area contributed by atoms with Gasteiger partial charge < -0.3 is 5.11 Å². The van der Waals surface area contributed by atoms with Crippen molar-refractivity contribution in [3.63, 3.8) is 0 Å². The maximum atomic E-state index is 13.5. The van der Waals surface area contributed by atoms with Gasteiger partial charge in [0.05, 0.1) is 5.56 Å². The van der Waals surface area contributed by atoms with Crippen LogP contribution in [-0.4, -0.2) is 21.0 Å². The van der Waals surface area contributed by atoms with Crippen LogP contribution < -0.4 is 0 Å². The molecule has 0 aliphatic rings. The monoisotopic (exact) mass is 328 g/mol. The highest BCUT2D eigenvalue weighted by molar-refractivity contribution is 9.10. The summed E-state index contributed by atoms with van der Waals surface area (Å²) in [6.07, 6.45) is 2.83. The summed E-state index contributed by atoms with van der Waals surface area (Å²) < 4.78 is 14.1. The summed E-state index contributed by atoms with van der Waals surface area (Å²) in [5.74, 6) is -1.54. The van der Waals surface area contributed by atoms with Gasteiger partial charge in [0.2, 0.25) is 0 Å². The fourth-order valence-corrected chi connectivity index (χ4v) is 2.24. The van der Waals surface area contributed by atoms with Gasteiger partial charge in [0.15, 0.2) is 5.82 Å². The molecule has 0 saturated heterocycles. The molecular formula is C11H6BrFN2O2S. The zero-order valence-corrected chi connectivity index (χ0v) is 11.2. The molecule has 2 heterocycles. The van der Waals surface area contributed by atoms with Crippen LogP contribution in [0.1, 0.15) is 10.4 Å². The molecule has 0 amide bonds. The van der Waals surface area contributed by atoms with Crippen LogP contribution in [0, 0.1) is 5.82 Å². The van der Waals surface area contributed by atoms with Crippen molar-refractivity contribution in [1.82, 2.24) is 9.97 Å². The highest BCUT2D eigenvalue weighted by atomic mass is 79.9. The number of aromatic carboxylic acids is 1. The van der Waals surface area contributed by atoms with E-state index in [9.17, 15) is 9.18 Å². The molecule has 18 heavy (non-hydrogen) atoms. The Morgan fingerprint density at radius 3 is 2.83 bits per heavy atom. The third kappa shape index (κ3) is 3.05. The summed E-state index contributed by atoms with van der Waals surface area (Å²) in [5.41, 5.74) is 0.102. The Labute approximate surface area is 114 Å². The average molecular weight is 329 g/mol. The number of hydrogen-bond donors (Lipinski definition) is 1. The van der Waals surface area contributed by atoms with Crippen molar-refractivity contribution in [3.05, 3.63) is 46.4 Å². The molecule has 1 N–H and O–H groups in total. The van der Waals surface area contributed by atoms with Gasteiger partial charge in [-0.2, -0.15) is 0 Å². The molecule has 4 nitrogen and oxygen atoms in total. The second-order valence-electron chi connectivity index (χ2n) is 3.23. The van der Waals surface area contributed by atoms with Crippen LogP contribution in [0.25, 0.3) is 0 Å². The van der Waals surface area contributed by atoms with Crippen molar-refractivity contribution >= 4 is 33.7 Å². The molecule has 92 valence electrons. The number of carboxylic acids is 1. The van der Waals surface area contributed by atoms with Crippen molar-refractivity contribution < 1.29 is 14.3 Å². The van der Waals surface area contributed by atoms with E-state index in [2.05, 4.69) is 25.9 Å². The van der Waals surface area contributed by atoms with Gasteiger partial charge in [0.25, 0.3) is 0 Å². The SMILES string of the molecule is O=C(O)c1ccnc(Sc2ncc(Br)cc2F)c1. The first kappa shape index (κ1) is 13.0. The lowest BCUT2D eigenvalue weighted by Crippen LogP contribution is -1.97. The summed E-state index contributed by atoms with van der Waals surface area (Å²) in [5, 5.41) is 9.36. The van der Waals surface area contributed by atoms with Crippen molar-refractivity contribution in [2.75, 3.05) is 0 Å². The fourth-order valence-electron chi connectivity index (χ4n) is 1.17. The second kappa shape index (κ2) is 5.45. The first-order chi connectivity index (χ1) is 8.56. The first-order valence-electron chi connectivity index (χ1n) is 4.74. The molecule has 0 saturated carbocycles. The average Bonchev–Trinajstić information content (AvgIpc) is 2.33. The van der Waals surface area contributed by atoms with Crippen molar-refractivity contribution in [1.29, 1.82) is 0 Å². The minimum Gasteiger partial charge on any atom is -0.478 e. The maximum Gasteiger partial charge on any atom is 0.335 e. The van der Waals surface area contributed by atoms with E-state index in [0.29, 0.717) is 9.50 Å². The molecule has 0 fully saturated rings. The third-order valence-corrected chi connectivity index (χ3v) is 3.32. The number of rotatable bonds is 3. The Balaban J connectivity index is 2.28. The normalized spacial score (nSPS) is 10.3. The molecule has 0 atom stereocenters. The number of carboxylic acid groups (broad SMARTS) is 1. The van der Waals surface area contributed by atoms with Crippen LogP contribution in [0.5, 0.6) is 0 Å². The zero-order valence-electron chi connectivity index (χ0n) is 8.80. The Hall–Kier alpha value is -1.47. The zero-order chi connectivity index (χ0) is 13.1. The van der Waals surface area contributed by atoms with Crippen LogP contribution in [-0.2, 0) is 0 Å². The molecule has 0 unspecified atom stereocenters. The molecule has 2 rings (SSSR count). The first-order valence-corrected chi connectivity index (χ1v) is 6.35. The number of nitrogens with zero attached hydrogens (tertiary/aromatic N) is 2. The van der Waals surface area contributed by atoms with E-state index in [4.69, 9.17) is 5.11 Å². The van der Waals surface area contributed by atoms with Gasteiger partial charge in [-0.05, 0) is 45.9 Å². The molecule has 0 aliphatic carbocycles. The van der Waals surface area contributed by atoms with Crippen LogP contribution >= 0.6 is 27.7 Å². The summed E-state index contributed by atoms with van der Waals surface area (Å²) in [7, 11) is 0. The minimum atomic E-state index is -1.05. The molecule has 2 aromatic rings. The Kier molecular flexibility index (Phi) is 3.93. The highest BCUT2D eigenvalue weighted by Gasteiger charge is 2.10. The Morgan fingerprint density at radius 2 is 2.17 bits per heavy atom. The maximum absolute atomic E-state index is 13.5. The number of carbonyl (C=O) groups is 1. The molecule has 0 aromatic carbocycles. The lowest BCUT2D eigenvalue weighted by Gasteiger charge is -2.02. The summed E-state index contributed by atoms with van der Waals surface area (Å²) >= 11 is 4.08. The summed E-state index contributed by atoms with van der Waals surface area (Å²) in [4.78, 5) is 18.6. The van der Waals surface area contributed by atoms with E-state index in [1.807, 2.05) is 0 Å². The van der Waals surface area contributed by atoms with E-state index in [1.165, 1.54) is 30.6 Å². The van der Waals surface area contributed by atoms with Crippen molar-refractivity contribution in [2.24, 2.45) is 0 Å². The van der Waals surface area contributed by atoms with Gasteiger partial charge in [0, 0.05) is 16.9 Å². The van der Waals surface area contributed by atoms with E-state index < -0.39 is 11.8 Å². The summed E-state index contributed by atoms with van der Waals surface area (Å²) in [6.45, 7) is 0. The largest absolute Gasteiger partial charge is 0.478 e. The van der Waals surface area contributed by atoms with E-state index >= 15 is 0 Å². The highest BCUT2D eigenvalue weighted by Crippen LogP contribution is 2.28. The van der Waals surface area contributed by atoms with Crippen molar-refractivity contribution in [3.8, 4) is 0 Å². The molecule has 0 spiro atoms. The van der Waals surface area contributed by atoms with Crippen LogP contribution in [0.3, 0.4) is 0 Å². The predicted octanol–water partition coefficient (Wildman–Crippen LogP) is 3.23. The topological polar surface area (TPSA) is 63.1 Å². The fraction of sp³-hybridized carbons (Fsp3) is 0. The smallest absolute Gasteiger partial charge is 0.335 e. The summed E-state index contributed by atoms with van der Waals surface area (Å²) in [6, 6.07) is 4.03. The van der Waals surface area contributed by atoms with Gasteiger partial charge in [-0.25, -0.2) is 19.2 Å². The standard InChI is InChI=1S/C11H6BrFN2O2S/c12-7-4-8(13)10(15-5-7)18-9-3-6(11(16)17)1-2-14-9/h1-5H,(H,16,17). The Bertz CT molecular complexity index is 609. The lowest BCUT2D eigenvalue weighted by atomic mass is 10.3. The van der Waals surface area contributed by atoms with Gasteiger partial charge in [0.1, 0.15) is 10.1 Å². The van der Waals surface area contributed by atoms with Gasteiger partial charge in [-0.15, -0.1) is 0 Å². The van der Waals surface area contributed by atoms with Gasteiger partial charge in [-0.3, -0.25) is 0 Å². The van der Waals surface area contributed by atoms with E-state index in [-0.39, 0.29) is 10.6 Å². The van der Waals surface area contributed by atoms with Crippen LogP contribution in [0.2, 0.25) is 0 Å². The molecule has 0 bridgehead atoms.